The van der Waals surface area contributed by atoms with Gasteiger partial charge in [0.2, 0.25) is 0 Å². The van der Waals surface area contributed by atoms with Gasteiger partial charge in [-0.2, -0.15) is 5.26 Å². The number of hydrogen-bond donors (Lipinski definition) is 1. The highest BCUT2D eigenvalue weighted by Gasteiger charge is 2.07. The normalized spacial score (nSPS) is 9.68. The van der Waals surface area contributed by atoms with Crippen molar-refractivity contribution in [3.05, 3.63) is 70.8 Å². The fourth-order valence-electron chi connectivity index (χ4n) is 1.86. The van der Waals surface area contributed by atoms with E-state index in [-0.39, 0.29) is 5.91 Å². The summed E-state index contributed by atoms with van der Waals surface area (Å²) in [6, 6.07) is 16.8. The van der Waals surface area contributed by atoms with E-state index in [2.05, 4.69) is 11.4 Å². The number of nitriles is 1. The van der Waals surface area contributed by atoms with E-state index in [9.17, 15) is 4.79 Å². The van der Waals surface area contributed by atoms with Crippen LogP contribution in [0.25, 0.3) is 0 Å². The van der Waals surface area contributed by atoms with Crippen LogP contribution in [-0.2, 0) is 6.54 Å². The maximum absolute atomic E-state index is 12.0. The molecule has 0 aliphatic heterocycles. The Kier molecular flexibility index (Phi) is 3.94. The van der Waals surface area contributed by atoms with Crippen LogP contribution in [0.15, 0.2) is 48.5 Å². The number of rotatable bonds is 3. The van der Waals surface area contributed by atoms with Crippen molar-refractivity contribution in [1.82, 2.24) is 5.32 Å². The van der Waals surface area contributed by atoms with Crippen LogP contribution in [0.3, 0.4) is 0 Å². The summed E-state index contributed by atoms with van der Waals surface area (Å²) in [6.45, 7) is 2.33. The summed E-state index contributed by atoms with van der Waals surface area (Å²) in [5, 5.41) is 11.7. The molecule has 2 aromatic rings. The molecule has 0 aromatic heterocycles. The number of nitrogens with one attached hydrogen (secondary N) is 1. The van der Waals surface area contributed by atoms with Crippen LogP contribution in [0.2, 0.25) is 0 Å². The number of aryl methyl sites for hydroxylation is 1. The molecule has 3 nitrogen and oxygen atoms in total. The molecule has 0 spiro atoms. The Morgan fingerprint density at radius 1 is 1.21 bits per heavy atom. The number of carbonyl (C=O) groups is 1. The summed E-state index contributed by atoms with van der Waals surface area (Å²) in [5.41, 5.74) is 3.15. The summed E-state index contributed by atoms with van der Waals surface area (Å²) < 4.78 is 0. The Hall–Kier alpha value is -2.60. The lowest BCUT2D eigenvalue weighted by atomic mass is 10.1. The first-order valence-electron chi connectivity index (χ1n) is 6.03. The van der Waals surface area contributed by atoms with E-state index >= 15 is 0 Å². The van der Waals surface area contributed by atoms with Gasteiger partial charge in [0.05, 0.1) is 11.6 Å². The van der Waals surface area contributed by atoms with E-state index in [0.717, 1.165) is 11.1 Å². The summed E-state index contributed by atoms with van der Waals surface area (Å²) in [6.07, 6.45) is 0. The van der Waals surface area contributed by atoms with Crippen molar-refractivity contribution in [3.63, 3.8) is 0 Å². The van der Waals surface area contributed by atoms with Gasteiger partial charge in [-0.25, -0.2) is 0 Å². The first-order valence-corrected chi connectivity index (χ1v) is 6.03. The molecule has 0 heterocycles. The maximum atomic E-state index is 12.0. The first-order chi connectivity index (χ1) is 9.20. The van der Waals surface area contributed by atoms with Gasteiger partial charge in [-0.3, -0.25) is 4.79 Å². The monoisotopic (exact) mass is 250 g/mol. The van der Waals surface area contributed by atoms with Crippen molar-refractivity contribution < 1.29 is 4.79 Å². The Balaban J connectivity index is 2.05. The van der Waals surface area contributed by atoms with Crippen molar-refractivity contribution in [1.29, 1.82) is 5.26 Å². The molecule has 1 N–H and O–H groups in total. The van der Waals surface area contributed by atoms with Crippen molar-refractivity contribution in [2.24, 2.45) is 0 Å². The zero-order chi connectivity index (χ0) is 13.7. The SMILES string of the molecule is Cc1ccccc1C(=O)NCc1cccc(C#N)c1. The van der Waals surface area contributed by atoms with Gasteiger partial charge in [-0.15, -0.1) is 0 Å². The minimum atomic E-state index is -0.0968. The van der Waals surface area contributed by atoms with Gasteiger partial charge in [0.25, 0.3) is 5.91 Å². The van der Waals surface area contributed by atoms with Crippen LogP contribution >= 0.6 is 0 Å². The summed E-state index contributed by atoms with van der Waals surface area (Å²) in [7, 11) is 0. The Morgan fingerprint density at radius 2 is 2.00 bits per heavy atom. The second-order valence-corrected chi connectivity index (χ2v) is 4.31. The van der Waals surface area contributed by atoms with Gasteiger partial charge >= 0.3 is 0 Å². The fraction of sp³-hybridized carbons (Fsp3) is 0.125. The highest BCUT2D eigenvalue weighted by atomic mass is 16.1. The zero-order valence-electron chi connectivity index (χ0n) is 10.7. The Labute approximate surface area is 112 Å². The van der Waals surface area contributed by atoms with Gasteiger partial charge in [0, 0.05) is 12.1 Å². The standard InChI is InChI=1S/C16H14N2O/c1-12-5-2-3-8-15(12)16(19)18-11-14-7-4-6-13(9-14)10-17/h2-9H,11H2,1H3,(H,18,19). The van der Waals surface area contributed by atoms with Crippen LogP contribution < -0.4 is 5.32 Å². The fourth-order valence-corrected chi connectivity index (χ4v) is 1.86. The number of carbonyl (C=O) groups excluding carboxylic acids is 1. The van der Waals surface area contributed by atoms with E-state index < -0.39 is 0 Å². The van der Waals surface area contributed by atoms with Gasteiger partial charge in [-0.1, -0.05) is 30.3 Å². The van der Waals surface area contributed by atoms with E-state index in [0.29, 0.717) is 17.7 Å². The molecule has 1 amide bonds. The lowest BCUT2D eigenvalue weighted by molar-refractivity contribution is 0.0950. The molecule has 0 radical (unpaired) electrons. The minimum absolute atomic E-state index is 0.0968. The lowest BCUT2D eigenvalue weighted by Crippen LogP contribution is -2.23. The average Bonchev–Trinajstić information content (AvgIpc) is 2.45. The van der Waals surface area contributed by atoms with Gasteiger partial charge < -0.3 is 5.32 Å². The molecule has 0 atom stereocenters. The van der Waals surface area contributed by atoms with Crippen LogP contribution in [0, 0.1) is 18.3 Å². The molecule has 94 valence electrons. The van der Waals surface area contributed by atoms with E-state index in [4.69, 9.17) is 5.26 Å². The topological polar surface area (TPSA) is 52.9 Å². The van der Waals surface area contributed by atoms with Crippen LogP contribution in [0.5, 0.6) is 0 Å². The molecule has 19 heavy (non-hydrogen) atoms. The third-order valence-electron chi connectivity index (χ3n) is 2.90. The van der Waals surface area contributed by atoms with Gasteiger partial charge in [0.1, 0.15) is 0 Å². The predicted octanol–water partition coefficient (Wildman–Crippen LogP) is 2.80. The number of amides is 1. The average molecular weight is 250 g/mol. The molecule has 3 heteroatoms. The van der Waals surface area contributed by atoms with Crippen molar-refractivity contribution >= 4 is 5.91 Å². The first kappa shape index (κ1) is 12.8. The molecule has 0 bridgehead atoms. The molecule has 0 aliphatic rings. The third kappa shape index (κ3) is 3.20. The molecule has 2 aromatic carbocycles. The molecular weight excluding hydrogens is 236 g/mol. The predicted molar refractivity (Wildman–Crippen MR) is 73.5 cm³/mol. The van der Waals surface area contributed by atoms with Crippen molar-refractivity contribution in [3.8, 4) is 6.07 Å². The highest BCUT2D eigenvalue weighted by molar-refractivity contribution is 5.95. The van der Waals surface area contributed by atoms with E-state index in [1.807, 2.05) is 37.3 Å². The highest BCUT2D eigenvalue weighted by Crippen LogP contribution is 2.08. The Bertz CT molecular complexity index is 641. The van der Waals surface area contributed by atoms with E-state index in [1.165, 1.54) is 0 Å². The Morgan fingerprint density at radius 3 is 2.74 bits per heavy atom. The van der Waals surface area contributed by atoms with Crippen LogP contribution in [-0.4, -0.2) is 5.91 Å². The number of nitrogens with zero attached hydrogens (tertiary/aromatic N) is 1. The maximum Gasteiger partial charge on any atom is 0.251 e. The summed E-state index contributed by atoms with van der Waals surface area (Å²) >= 11 is 0. The second kappa shape index (κ2) is 5.83. The van der Waals surface area contributed by atoms with Crippen LogP contribution in [0.1, 0.15) is 27.0 Å². The molecule has 0 fully saturated rings. The molecular formula is C16H14N2O. The lowest BCUT2D eigenvalue weighted by Gasteiger charge is -2.07. The smallest absolute Gasteiger partial charge is 0.251 e. The van der Waals surface area contributed by atoms with Crippen molar-refractivity contribution in [2.45, 2.75) is 13.5 Å². The van der Waals surface area contributed by atoms with Crippen molar-refractivity contribution in [2.75, 3.05) is 0 Å². The van der Waals surface area contributed by atoms with Crippen LogP contribution in [0.4, 0.5) is 0 Å². The summed E-state index contributed by atoms with van der Waals surface area (Å²) in [5.74, 6) is -0.0968. The van der Waals surface area contributed by atoms with E-state index in [1.54, 1.807) is 18.2 Å². The number of benzene rings is 2. The largest absolute Gasteiger partial charge is 0.348 e. The molecule has 0 saturated carbocycles. The third-order valence-corrected chi connectivity index (χ3v) is 2.90. The van der Waals surface area contributed by atoms with Gasteiger partial charge in [-0.05, 0) is 36.2 Å². The molecule has 0 aliphatic carbocycles. The van der Waals surface area contributed by atoms with Gasteiger partial charge in [0.15, 0.2) is 0 Å². The second-order valence-electron chi connectivity index (χ2n) is 4.31. The zero-order valence-corrected chi connectivity index (χ0v) is 10.7. The molecule has 0 saturated heterocycles. The molecule has 2 rings (SSSR count). The molecule has 0 unspecified atom stereocenters. The summed E-state index contributed by atoms with van der Waals surface area (Å²) in [4.78, 5) is 12.0. The minimum Gasteiger partial charge on any atom is -0.348 e. The number of hydrogen-bond acceptors (Lipinski definition) is 2. The quantitative estimate of drug-likeness (QED) is 0.910.